The Kier molecular flexibility index (Phi) is 6.49. The van der Waals surface area contributed by atoms with Gasteiger partial charge in [0.1, 0.15) is 18.5 Å². The zero-order chi connectivity index (χ0) is 16.4. The molecule has 0 spiro atoms. The normalized spacial score (nSPS) is 29.0. The second-order valence-electron chi connectivity index (χ2n) is 6.96. The van der Waals surface area contributed by atoms with E-state index in [1.165, 1.54) is 0 Å². The second-order valence-corrected chi connectivity index (χ2v) is 6.96. The van der Waals surface area contributed by atoms with Gasteiger partial charge in [0.25, 0.3) is 0 Å². The summed E-state index contributed by atoms with van der Waals surface area (Å²) in [5, 5.41) is 12.8. The quantitative estimate of drug-likeness (QED) is 0.725. The average Bonchev–Trinajstić information content (AvgIpc) is 3.11. The molecular formula is C18H27ClN2O3. The lowest BCUT2D eigenvalue weighted by molar-refractivity contribution is -0.127. The van der Waals surface area contributed by atoms with Crippen molar-refractivity contribution in [2.45, 2.75) is 38.3 Å². The van der Waals surface area contributed by atoms with Crippen molar-refractivity contribution in [2.75, 3.05) is 13.2 Å². The maximum atomic E-state index is 12.3. The molecule has 0 aromatic heterocycles. The van der Waals surface area contributed by atoms with Gasteiger partial charge in [0, 0.05) is 12.6 Å². The van der Waals surface area contributed by atoms with Crippen molar-refractivity contribution in [2.24, 2.45) is 23.5 Å². The monoisotopic (exact) mass is 354 g/mol. The molecule has 3 rings (SSSR count). The highest BCUT2D eigenvalue weighted by Gasteiger charge is 2.48. The van der Waals surface area contributed by atoms with E-state index in [0.717, 1.165) is 30.6 Å². The summed E-state index contributed by atoms with van der Waals surface area (Å²) in [5.74, 6) is 1.56. The van der Waals surface area contributed by atoms with E-state index in [9.17, 15) is 9.90 Å². The summed E-state index contributed by atoms with van der Waals surface area (Å²) < 4.78 is 5.55. The summed E-state index contributed by atoms with van der Waals surface area (Å²) in [6.45, 7) is 2.35. The molecule has 4 N–H and O–H groups in total. The minimum Gasteiger partial charge on any atom is -0.491 e. The van der Waals surface area contributed by atoms with Crippen LogP contribution in [0.5, 0.6) is 5.75 Å². The van der Waals surface area contributed by atoms with E-state index in [2.05, 4.69) is 5.32 Å². The maximum absolute atomic E-state index is 12.3. The zero-order valence-electron chi connectivity index (χ0n) is 14.0. The fourth-order valence-corrected chi connectivity index (χ4v) is 4.02. The molecule has 24 heavy (non-hydrogen) atoms. The number of nitrogens with one attached hydrogen (secondary N) is 1. The number of amides is 1. The van der Waals surface area contributed by atoms with Crippen molar-refractivity contribution in [3.8, 4) is 5.75 Å². The first-order chi connectivity index (χ1) is 11.0. The SMILES string of the molecule is Cc1cccc(OCC(O)CNC(=O)C2C3CCC(C3)C2N)c1.Cl. The highest BCUT2D eigenvalue weighted by molar-refractivity contribution is 5.85. The Morgan fingerprint density at radius 1 is 1.42 bits per heavy atom. The molecule has 2 saturated carbocycles. The number of ether oxygens (including phenoxy) is 1. The largest absolute Gasteiger partial charge is 0.491 e. The Morgan fingerprint density at radius 3 is 2.83 bits per heavy atom. The highest BCUT2D eigenvalue weighted by atomic mass is 35.5. The first-order valence-electron chi connectivity index (χ1n) is 8.45. The molecule has 0 aliphatic heterocycles. The lowest BCUT2D eigenvalue weighted by Gasteiger charge is -2.27. The molecule has 5 nitrogen and oxygen atoms in total. The summed E-state index contributed by atoms with van der Waals surface area (Å²) in [6.07, 6.45) is 2.62. The minimum atomic E-state index is -0.728. The van der Waals surface area contributed by atoms with Crippen LogP contribution in [-0.4, -0.2) is 36.3 Å². The molecular weight excluding hydrogens is 328 g/mol. The van der Waals surface area contributed by atoms with Gasteiger partial charge in [-0.05, 0) is 55.7 Å². The Labute approximate surface area is 149 Å². The Morgan fingerprint density at radius 2 is 2.17 bits per heavy atom. The predicted molar refractivity (Wildman–Crippen MR) is 95.2 cm³/mol. The number of aliphatic hydroxyl groups is 1. The number of aliphatic hydroxyl groups excluding tert-OH is 1. The van der Waals surface area contributed by atoms with Crippen LogP contribution in [0.3, 0.4) is 0 Å². The lowest BCUT2D eigenvalue weighted by Crippen LogP contribution is -2.47. The van der Waals surface area contributed by atoms with Crippen LogP contribution < -0.4 is 15.8 Å². The highest BCUT2D eigenvalue weighted by Crippen LogP contribution is 2.47. The van der Waals surface area contributed by atoms with Gasteiger partial charge in [-0.1, -0.05) is 12.1 Å². The van der Waals surface area contributed by atoms with Crippen molar-refractivity contribution in [1.82, 2.24) is 5.32 Å². The molecule has 2 bridgehead atoms. The number of fused-ring (bicyclic) bond motifs is 2. The fourth-order valence-electron chi connectivity index (χ4n) is 4.02. The number of carbonyl (C=O) groups excluding carboxylic acids is 1. The molecule has 5 atom stereocenters. The van der Waals surface area contributed by atoms with E-state index in [1.807, 2.05) is 31.2 Å². The molecule has 2 aliphatic rings. The van der Waals surface area contributed by atoms with Crippen LogP contribution in [0.4, 0.5) is 0 Å². The number of rotatable bonds is 6. The Balaban J connectivity index is 0.00000208. The Bertz CT molecular complexity index is 567. The molecule has 0 radical (unpaired) electrons. The summed E-state index contributed by atoms with van der Waals surface area (Å²) in [5.41, 5.74) is 7.28. The summed E-state index contributed by atoms with van der Waals surface area (Å²) in [6, 6.07) is 7.65. The van der Waals surface area contributed by atoms with Crippen LogP contribution in [0.25, 0.3) is 0 Å². The molecule has 134 valence electrons. The lowest BCUT2D eigenvalue weighted by atomic mass is 9.84. The number of hydrogen-bond acceptors (Lipinski definition) is 4. The summed E-state index contributed by atoms with van der Waals surface area (Å²) in [7, 11) is 0. The predicted octanol–water partition coefficient (Wildman–Crippen LogP) is 1.65. The third kappa shape index (κ3) is 4.21. The molecule has 1 amide bonds. The summed E-state index contributed by atoms with van der Waals surface area (Å²) in [4.78, 5) is 12.3. The van der Waals surface area contributed by atoms with Crippen LogP contribution in [0, 0.1) is 24.7 Å². The van der Waals surface area contributed by atoms with Gasteiger partial charge in [-0.3, -0.25) is 4.79 Å². The fraction of sp³-hybridized carbons (Fsp3) is 0.611. The number of hydrogen-bond donors (Lipinski definition) is 3. The number of halogens is 1. The number of carbonyl (C=O) groups is 1. The van der Waals surface area contributed by atoms with E-state index >= 15 is 0 Å². The molecule has 1 aromatic rings. The third-order valence-electron chi connectivity index (χ3n) is 5.23. The number of nitrogens with two attached hydrogens (primary N) is 1. The van der Waals surface area contributed by atoms with Crippen molar-refractivity contribution in [3.05, 3.63) is 29.8 Å². The number of benzene rings is 1. The first kappa shape index (κ1) is 19.0. The molecule has 2 fully saturated rings. The third-order valence-corrected chi connectivity index (χ3v) is 5.23. The van der Waals surface area contributed by atoms with Crippen LogP contribution in [-0.2, 0) is 4.79 Å². The molecule has 1 aromatic carbocycles. The number of aryl methyl sites for hydroxylation is 1. The maximum Gasteiger partial charge on any atom is 0.225 e. The van der Waals surface area contributed by atoms with E-state index < -0.39 is 6.10 Å². The van der Waals surface area contributed by atoms with Crippen LogP contribution >= 0.6 is 12.4 Å². The van der Waals surface area contributed by atoms with Crippen molar-refractivity contribution >= 4 is 18.3 Å². The van der Waals surface area contributed by atoms with Gasteiger partial charge >= 0.3 is 0 Å². The standard InChI is InChI=1S/C18H26N2O3.ClH/c1-11-3-2-4-15(7-11)23-10-14(21)9-20-18(22)16-12-5-6-13(8-12)17(16)19;/h2-4,7,12-14,16-17,21H,5-6,8-10,19H2,1H3,(H,20,22);1H. The van der Waals surface area contributed by atoms with Crippen molar-refractivity contribution in [1.29, 1.82) is 0 Å². The zero-order valence-corrected chi connectivity index (χ0v) is 14.8. The van der Waals surface area contributed by atoms with Gasteiger partial charge in [-0.25, -0.2) is 0 Å². The van der Waals surface area contributed by atoms with Gasteiger partial charge in [0.05, 0.1) is 5.92 Å². The van der Waals surface area contributed by atoms with Crippen molar-refractivity contribution in [3.63, 3.8) is 0 Å². The van der Waals surface area contributed by atoms with Gasteiger partial charge in [-0.15, -0.1) is 12.4 Å². The molecule has 2 aliphatic carbocycles. The minimum absolute atomic E-state index is 0. The van der Waals surface area contributed by atoms with Crippen LogP contribution in [0.2, 0.25) is 0 Å². The van der Waals surface area contributed by atoms with Gasteiger partial charge in [0.2, 0.25) is 5.91 Å². The average molecular weight is 355 g/mol. The van der Waals surface area contributed by atoms with Crippen molar-refractivity contribution < 1.29 is 14.6 Å². The van der Waals surface area contributed by atoms with E-state index in [4.69, 9.17) is 10.5 Å². The molecule has 5 unspecified atom stereocenters. The smallest absolute Gasteiger partial charge is 0.225 e. The van der Waals surface area contributed by atoms with E-state index in [0.29, 0.717) is 11.8 Å². The summed E-state index contributed by atoms with van der Waals surface area (Å²) >= 11 is 0. The second kappa shape index (κ2) is 8.19. The first-order valence-corrected chi connectivity index (χ1v) is 8.45. The van der Waals surface area contributed by atoms with Gasteiger partial charge < -0.3 is 20.9 Å². The molecule has 6 heteroatoms. The Hall–Kier alpha value is -1.30. The van der Waals surface area contributed by atoms with Gasteiger partial charge in [-0.2, -0.15) is 0 Å². The topological polar surface area (TPSA) is 84.6 Å². The molecule has 0 saturated heterocycles. The molecule has 0 heterocycles. The van der Waals surface area contributed by atoms with Crippen LogP contribution in [0.15, 0.2) is 24.3 Å². The van der Waals surface area contributed by atoms with E-state index in [-0.39, 0.29) is 43.4 Å². The van der Waals surface area contributed by atoms with Gasteiger partial charge in [0.15, 0.2) is 0 Å². The van der Waals surface area contributed by atoms with E-state index in [1.54, 1.807) is 0 Å². The van der Waals surface area contributed by atoms with Crippen LogP contribution in [0.1, 0.15) is 24.8 Å².